The highest BCUT2D eigenvalue weighted by Gasteiger charge is 2.30. The van der Waals surface area contributed by atoms with Crippen molar-refractivity contribution in [3.8, 4) is 5.75 Å². The minimum Gasteiger partial charge on any atom is -0.508 e. The monoisotopic (exact) mass is 405 g/mol. The number of hydrogen-bond acceptors (Lipinski definition) is 5. The van der Waals surface area contributed by atoms with E-state index in [-0.39, 0.29) is 5.92 Å². The fourth-order valence-corrected chi connectivity index (χ4v) is 4.03. The van der Waals surface area contributed by atoms with Gasteiger partial charge in [-0.15, -0.1) is 0 Å². The zero-order chi connectivity index (χ0) is 20.4. The molecule has 1 aliphatic carbocycles. The second kappa shape index (κ2) is 7.98. The molecule has 0 unspecified atom stereocenters. The fourth-order valence-electron chi connectivity index (χ4n) is 3.76. The van der Waals surface area contributed by atoms with E-state index < -0.39 is 0 Å². The fraction of sp³-hybridized carbons (Fsp3) is 0.227. The second-order valence-corrected chi connectivity index (χ2v) is 7.15. The van der Waals surface area contributed by atoms with E-state index in [0.717, 1.165) is 46.2 Å². The average molecular weight is 406 g/mol. The number of methoxy groups -OCH3 is 1. The number of ether oxygens (including phenoxy) is 1. The molecule has 1 heterocycles. The van der Waals surface area contributed by atoms with Crippen molar-refractivity contribution in [3.63, 3.8) is 0 Å². The first-order chi connectivity index (χ1) is 14.1. The van der Waals surface area contributed by atoms with Gasteiger partial charge in [0.15, 0.2) is 0 Å². The molecule has 6 nitrogen and oxygen atoms in total. The summed E-state index contributed by atoms with van der Waals surface area (Å²) < 4.78 is 5.30. The predicted octanol–water partition coefficient (Wildman–Crippen LogP) is 5.55. The van der Waals surface area contributed by atoms with Gasteiger partial charge in [-0.3, -0.25) is 0 Å². The lowest BCUT2D eigenvalue weighted by molar-refractivity contribution is 0.417. The Labute approximate surface area is 174 Å². The molecule has 1 aromatic heterocycles. The van der Waals surface area contributed by atoms with Crippen LogP contribution in [-0.4, -0.2) is 24.1 Å². The molecular weight excluding hydrogens is 386 g/mol. The molecule has 0 saturated carbocycles. The van der Waals surface area contributed by atoms with Gasteiger partial charge in [-0.05, 0) is 36.6 Å². The molecule has 0 bridgehead atoms. The van der Waals surface area contributed by atoms with Crippen molar-refractivity contribution in [2.45, 2.75) is 18.8 Å². The first-order valence-electron chi connectivity index (χ1n) is 9.30. The maximum absolute atomic E-state index is 7.22. The van der Waals surface area contributed by atoms with E-state index in [9.17, 15) is 0 Å². The minimum atomic E-state index is 0.133. The van der Waals surface area contributed by atoms with E-state index in [0.29, 0.717) is 17.4 Å². The zero-order valence-corrected chi connectivity index (χ0v) is 16.9. The van der Waals surface area contributed by atoms with Gasteiger partial charge >= 0.3 is 0 Å². The lowest BCUT2D eigenvalue weighted by atomic mass is 9.96. The summed E-state index contributed by atoms with van der Waals surface area (Å²) >= 11 is 6.46. The van der Waals surface area contributed by atoms with Gasteiger partial charge in [0, 0.05) is 29.2 Å². The Morgan fingerprint density at radius 3 is 2.76 bits per heavy atom. The number of hydrogen-bond donors (Lipinski definition) is 2. The third-order valence-corrected chi connectivity index (χ3v) is 5.47. The number of halogens is 1. The molecular formula is C22H20ClN5O. The summed E-state index contributed by atoms with van der Waals surface area (Å²) in [7, 11) is 3.41. The molecule has 1 aliphatic rings. The third kappa shape index (κ3) is 3.57. The Hall–Kier alpha value is -3.30. The summed E-state index contributed by atoms with van der Waals surface area (Å²) in [6.45, 7) is 7.22. The number of aromatic nitrogens is 2. The van der Waals surface area contributed by atoms with Crippen LogP contribution in [0.2, 0.25) is 5.02 Å². The summed E-state index contributed by atoms with van der Waals surface area (Å²) in [6, 6.07) is 13.2. The van der Waals surface area contributed by atoms with Gasteiger partial charge in [-0.2, -0.15) is 4.98 Å². The summed E-state index contributed by atoms with van der Waals surface area (Å²) in [4.78, 5) is 12.9. The quantitative estimate of drug-likeness (QED) is 0.544. The van der Waals surface area contributed by atoms with Crippen molar-refractivity contribution in [1.82, 2.24) is 9.97 Å². The van der Waals surface area contributed by atoms with E-state index >= 15 is 0 Å². The van der Waals surface area contributed by atoms with Gasteiger partial charge in [0.05, 0.1) is 19.4 Å². The number of nitrogens with zero attached hydrogens (tertiary/aromatic N) is 3. The highest BCUT2D eigenvalue weighted by Crippen LogP contribution is 2.42. The molecule has 0 amide bonds. The molecule has 0 fully saturated rings. The van der Waals surface area contributed by atoms with Crippen molar-refractivity contribution in [2.75, 3.05) is 24.8 Å². The van der Waals surface area contributed by atoms with Crippen LogP contribution in [0.5, 0.6) is 5.75 Å². The first-order valence-corrected chi connectivity index (χ1v) is 9.68. The van der Waals surface area contributed by atoms with Crippen LogP contribution in [0.15, 0.2) is 42.5 Å². The van der Waals surface area contributed by atoms with E-state index in [4.69, 9.17) is 27.9 Å². The van der Waals surface area contributed by atoms with Crippen LogP contribution in [0.3, 0.4) is 0 Å². The molecule has 2 N–H and O–H groups in total. The normalized spacial score (nSPS) is 14.8. The first kappa shape index (κ1) is 19.0. The Kier molecular flexibility index (Phi) is 5.24. The average Bonchev–Trinajstić information content (AvgIpc) is 3.17. The smallest absolute Gasteiger partial charge is 0.229 e. The number of rotatable bonds is 5. The summed E-state index contributed by atoms with van der Waals surface area (Å²) in [5.74, 6) is 1.95. The Morgan fingerprint density at radius 1 is 1.21 bits per heavy atom. The molecule has 0 radical (unpaired) electrons. The van der Waals surface area contributed by atoms with Crippen LogP contribution in [0.4, 0.5) is 23.1 Å². The summed E-state index contributed by atoms with van der Waals surface area (Å²) in [6.07, 6.45) is 1.84. The highest BCUT2D eigenvalue weighted by atomic mass is 35.5. The lowest BCUT2D eigenvalue weighted by Gasteiger charge is -2.16. The largest absolute Gasteiger partial charge is 0.508 e. The molecule has 7 heteroatoms. The van der Waals surface area contributed by atoms with Crippen molar-refractivity contribution in [1.29, 1.82) is 0 Å². The van der Waals surface area contributed by atoms with Gasteiger partial charge in [0.25, 0.3) is 0 Å². The minimum absolute atomic E-state index is 0.133. The van der Waals surface area contributed by atoms with Crippen LogP contribution in [-0.2, 0) is 6.42 Å². The number of benzene rings is 2. The third-order valence-electron chi connectivity index (χ3n) is 5.13. The standard InChI is InChI=1S/C22H20ClN5O/c1-24-18-11-8-13(12-19(18)29-3)26-22-27-20-15(14-6-4-5-7-17(14)23)9-10-16(20)21(25-2)28-22/h4-8,11-12,15H,9-10H2,2-3H3,(H2,25,26,27,28)/t15-/m1/s1. The molecule has 1 atom stereocenters. The number of fused-ring (bicyclic) bond motifs is 1. The Balaban J connectivity index is 1.73. The van der Waals surface area contributed by atoms with Crippen LogP contribution >= 0.6 is 11.6 Å². The maximum Gasteiger partial charge on any atom is 0.229 e. The molecule has 0 saturated heterocycles. The van der Waals surface area contributed by atoms with E-state index in [1.807, 2.05) is 31.3 Å². The van der Waals surface area contributed by atoms with Gasteiger partial charge in [0.1, 0.15) is 11.6 Å². The molecule has 0 aliphatic heterocycles. The molecule has 29 heavy (non-hydrogen) atoms. The van der Waals surface area contributed by atoms with Gasteiger partial charge in [-0.25, -0.2) is 9.83 Å². The summed E-state index contributed by atoms with van der Waals surface area (Å²) in [5, 5.41) is 7.19. The molecule has 4 rings (SSSR count). The van der Waals surface area contributed by atoms with Crippen LogP contribution in [0.25, 0.3) is 4.85 Å². The van der Waals surface area contributed by atoms with Crippen molar-refractivity contribution < 1.29 is 4.74 Å². The molecule has 3 aromatic rings. The van der Waals surface area contributed by atoms with Crippen molar-refractivity contribution in [2.24, 2.45) is 0 Å². The topological polar surface area (TPSA) is 63.4 Å². The van der Waals surface area contributed by atoms with Gasteiger partial charge in [0.2, 0.25) is 11.6 Å². The molecule has 146 valence electrons. The second-order valence-electron chi connectivity index (χ2n) is 6.75. The highest BCUT2D eigenvalue weighted by molar-refractivity contribution is 6.31. The molecule has 2 aromatic carbocycles. The number of anilines is 3. The SMILES string of the molecule is [C-]#[N+]c1ccc(Nc2nc(NC)c3c(n2)[C@@H](c2ccccc2Cl)CC3)cc1OC. The Morgan fingerprint density at radius 2 is 2.03 bits per heavy atom. The van der Waals surface area contributed by atoms with E-state index in [1.165, 1.54) is 0 Å². The van der Waals surface area contributed by atoms with Crippen molar-refractivity contribution in [3.05, 3.63) is 75.7 Å². The van der Waals surface area contributed by atoms with Gasteiger partial charge in [-0.1, -0.05) is 35.9 Å². The van der Waals surface area contributed by atoms with Gasteiger partial charge < -0.3 is 15.4 Å². The molecule has 0 spiro atoms. The van der Waals surface area contributed by atoms with E-state index in [1.54, 1.807) is 19.2 Å². The maximum atomic E-state index is 7.22. The van der Waals surface area contributed by atoms with Crippen molar-refractivity contribution >= 4 is 34.7 Å². The lowest BCUT2D eigenvalue weighted by Crippen LogP contribution is -2.08. The Bertz CT molecular complexity index is 1110. The van der Waals surface area contributed by atoms with E-state index in [2.05, 4.69) is 26.5 Å². The van der Waals surface area contributed by atoms with Crippen LogP contribution < -0.4 is 15.4 Å². The zero-order valence-electron chi connectivity index (χ0n) is 16.2. The van der Waals surface area contributed by atoms with Crippen LogP contribution in [0.1, 0.15) is 29.2 Å². The summed E-state index contributed by atoms with van der Waals surface area (Å²) in [5.41, 5.74) is 4.42. The van der Waals surface area contributed by atoms with Crippen LogP contribution in [0, 0.1) is 6.57 Å². The predicted molar refractivity (Wildman–Crippen MR) is 116 cm³/mol. The number of nitrogens with one attached hydrogen (secondary N) is 2.